The van der Waals surface area contributed by atoms with Crippen LogP contribution in [0.5, 0.6) is 0 Å². The van der Waals surface area contributed by atoms with Crippen LogP contribution in [-0.4, -0.2) is 22.4 Å². The van der Waals surface area contributed by atoms with Crippen molar-refractivity contribution in [2.75, 3.05) is 0 Å². The summed E-state index contributed by atoms with van der Waals surface area (Å²) in [7, 11) is 0. The molecule has 0 saturated carbocycles. The minimum absolute atomic E-state index is 0.760. The molecular formula is C10H10O2S. The van der Waals surface area contributed by atoms with E-state index in [4.69, 9.17) is 0 Å². The number of thiophene rings is 1. The van der Waals surface area contributed by atoms with Crippen LogP contribution in [0.4, 0.5) is 0 Å². The maximum absolute atomic E-state index is 9.37. The molecule has 68 valence electrons. The molecule has 2 N–H and O–H groups in total. The predicted octanol–water partition coefficient (Wildman–Crippen LogP) is 1.42. The maximum atomic E-state index is 9.37. The average molecular weight is 194 g/mol. The molecule has 1 heterocycles. The van der Waals surface area contributed by atoms with Crippen LogP contribution in [0.15, 0.2) is 35.7 Å². The molecule has 13 heavy (non-hydrogen) atoms. The van der Waals surface area contributed by atoms with Crippen LogP contribution in [-0.2, 0) is 0 Å². The van der Waals surface area contributed by atoms with Crippen molar-refractivity contribution in [1.82, 2.24) is 0 Å². The quantitative estimate of drug-likeness (QED) is 0.710. The van der Waals surface area contributed by atoms with Crippen LogP contribution in [0, 0.1) is 0 Å². The Morgan fingerprint density at radius 1 is 1.23 bits per heavy atom. The van der Waals surface area contributed by atoms with Gasteiger partial charge in [0.15, 0.2) is 0 Å². The van der Waals surface area contributed by atoms with Gasteiger partial charge in [0.05, 0.1) is 0 Å². The molecule has 0 aliphatic heterocycles. The molecule has 1 aromatic heterocycles. The highest BCUT2D eigenvalue weighted by molar-refractivity contribution is 7.11. The summed E-state index contributed by atoms with van der Waals surface area (Å²) in [5.74, 6) is 0. The zero-order valence-electron chi connectivity index (χ0n) is 6.92. The van der Waals surface area contributed by atoms with E-state index >= 15 is 0 Å². The summed E-state index contributed by atoms with van der Waals surface area (Å²) < 4.78 is 0. The highest BCUT2D eigenvalue weighted by atomic mass is 32.1. The lowest BCUT2D eigenvalue weighted by Crippen LogP contribution is -2.23. The summed E-state index contributed by atoms with van der Waals surface area (Å²) >= 11 is 1.62. The van der Waals surface area contributed by atoms with Crippen molar-refractivity contribution >= 4 is 16.9 Å². The van der Waals surface area contributed by atoms with Crippen molar-refractivity contribution in [3.8, 4) is 0 Å². The van der Waals surface area contributed by atoms with Crippen LogP contribution in [0.1, 0.15) is 4.88 Å². The monoisotopic (exact) mass is 194 g/mol. The van der Waals surface area contributed by atoms with E-state index in [0.29, 0.717) is 0 Å². The van der Waals surface area contributed by atoms with Gasteiger partial charge in [-0.1, -0.05) is 18.2 Å². The van der Waals surface area contributed by atoms with Crippen molar-refractivity contribution in [3.63, 3.8) is 0 Å². The number of allylic oxidation sites excluding steroid dienone is 2. The summed E-state index contributed by atoms with van der Waals surface area (Å²) in [6, 6.07) is 3.96. The molecule has 0 unspecified atom stereocenters. The molecule has 0 radical (unpaired) electrons. The Hall–Kier alpha value is -0.900. The molecule has 0 amide bonds. The smallest absolute Gasteiger partial charge is 0.102 e. The third-order valence-corrected chi connectivity index (χ3v) is 2.90. The number of aliphatic hydroxyl groups is 2. The predicted molar refractivity (Wildman–Crippen MR) is 53.4 cm³/mol. The third-order valence-electron chi connectivity index (χ3n) is 1.98. The van der Waals surface area contributed by atoms with Gasteiger partial charge in [-0.25, -0.2) is 0 Å². The Balaban J connectivity index is 2.28. The van der Waals surface area contributed by atoms with Gasteiger partial charge in [-0.05, 0) is 23.1 Å². The summed E-state index contributed by atoms with van der Waals surface area (Å²) in [5.41, 5.74) is 0.979. The molecule has 3 heteroatoms. The van der Waals surface area contributed by atoms with Crippen molar-refractivity contribution in [3.05, 3.63) is 40.6 Å². The highest BCUT2D eigenvalue weighted by Gasteiger charge is 2.16. The second kappa shape index (κ2) is 3.46. The van der Waals surface area contributed by atoms with E-state index in [1.807, 2.05) is 23.6 Å². The summed E-state index contributed by atoms with van der Waals surface area (Å²) in [4.78, 5) is 1.11. The number of hydrogen-bond acceptors (Lipinski definition) is 3. The SMILES string of the molecule is O[C@@H]1C=CC(c2cccs2)=C[C@H]1O. The lowest BCUT2D eigenvalue weighted by atomic mass is 10.0. The zero-order valence-corrected chi connectivity index (χ0v) is 7.74. The zero-order chi connectivity index (χ0) is 9.26. The first-order valence-corrected chi connectivity index (χ1v) is 4.95. The van der Waals surface area contributed by atoms with E-state index in [0.717, 1.165) is 10.5 Å². The van der Waals surface area contributed by atoms with E-state index in [9.17, 15) is 10.2 Å². The van der Waals surface area contributed by atoms with Crippen molar-refractivity contribution in [2.45, 2.75) is 12.2 Å². The van der Waals surface area contributed by atoms with Gasteiger partial charge in [-0.15, -0.1) is 11.3 Å². The highest BCUT2D eigenvalue weighted by Crippen LogP contribution is 2.25. The summed E-state index contributed by atoms with van der Waals surface area (Å²) in [6.45, 7) is 0. The number of hydrogen-bond donors (Lipinski definition) is 2. The van der Waals surface area contributed by atoms with Crippen LogP contribution in [0.3, 0.4) is 0 Å². The Bertz CT molecular complexity index is 338. The first-order chi connectivity index (χ1) is 6.27. The van der Waals surface area contributed by atoms with Gasteiger partial charge in [-0.3, -0.25) is 0 Å². The minimum Gasteiger partial charge on any atom is -0.386 e. The standard InChI is InChI=1S/C10H10O2S/c11-8-4-3-7(6-9(8)12)10-2-1-5-13-10/h1-6,8-9,11-12H/t8-,9-/m1/s1. The summed E-state index contributed by atoms with van der Waals surface area (Å²) in [5, 5.41) is 20.6. The lowest BCUT2D eigenvalue weighted by molar-refractivity contribution is 0.0799. The molecule has 2 nitrogen and oxygen atoms in total. The summed E-state index contributed by atoms with van der Waals surface area (Å²) in [6.07, 6.45) is 3.59. The number of aliphatic hydroxyl groups excluding tert-OH is 2. The van der Waals surface area contributed by atoms with Gasteiger partial charge >= 0.3 is 0 Å². The van der Waals surface area contributed by atoms with Crippen LogP contribution < -0.4 is 0 Å². The van der Waals surface area contributed by atoms with Gasteiger partial charge < -0.3 is 10.2 Å². The number of rotatable bonds is 1. The molecule has 2 rings (SSSR count). The van der Waals surface area contributed by atoms with Crippen molar-refractivity contribution < 1.29 is 10.2 Å². The van der Waals surface area contributed by atoms with Gasteiger partial charge in [-0.2, -0.15) is 0 Å². The molecular weight excluding hydrogens is 184 g/mol. The normalized spacial score (nSPS) is 27.4. The van der Waals surface area contributed by atoms with Crippen LogP contribution in [0.25, 0.3) is 5.57 Å². The molecule has 2 atom stereocenters. The molecule has 1 aliphatic carbocycles. The molecule has 0 aromatic carbocycles. The molecule has 1 aromatic rings. The molecule has 0 saturated heterocycles. The average Bonchev–Trinajstić information content (AvgIpc) is 2.62. The van der Waals surface area contributed by atoms with Crippen molar-refractivity contribution in [2.24, 2.45) is 0 Å². The van der Waals surface area contributed by atoms with E-state index in [1.165, 1.54) is 0 Å². The third kappa shape index (κ3) is 1.72. The fraction of sp³-hybridized carbons (Fsp3) is 0.200. The first-order valence-electron chi connectivity index (χ1n) is 4.07. The van der Waals surface area contributed by atoms with E-state index in [-0.39, 0.29) is 0 Å². The maximum Gasteiger partial charge on any atom is 0.102 e. The first kappa shape index (κ1) is 8.69. The van der Waals surface area contributed by atoms with Gasteiger partial charge in [0.2, 0.25) is 0 Å². The van der Waals surface area contributed by atoms with Crippen LogP contribution >= 0.6 is 11.3 Å². The van der Waals surface area contributed by atoms with Gasteiger partial charge in [0.25, 0.3) is 0 Å². The lowest BCUT2D eigenvalue weighted by Gasteiger charge is -2.16. The fourth-order valence-corrected chi connectivity index (χ4v) is 1.99. The Labute approximate surface area is 80.5 Å². The molecule has 1 aliphatic rings. The Kier molecular flexibility index (Phi) is 2.31. The fourth-order valence-electron chi connectivity index (χ4n) is 1.26. The van der Waals surface area contributed by atoms with E-state index in [1.54, 1.807) is 23.5 Å². The molecule has 0 bridgehead atoms. The van der Waals surface area contributed by atoms with Gasteiger partial charge in [0, 0.05) is 4.88 Å². The Morgan fingerprint density at radius 2 is 2.08 bits per heavy atom. The second-order valence-electron chi connectivity index (χ2n) is 2.94. The minimum atomic E-state index is -0.776. The Morgan fingerprint density at radius 3 is 2.69 bits per heavy atom. The molecule has 0 spiro atoms. The topological polar surface area (TPSA) is 40.5 Å². The largest absolute Gasteiger partial charge is 0.386 e. The molecule has 0 fully saturated rings. The second-order valence-corrected chi connectivity index (χ2v) is 3.89. The van der Waals surface area contributed by atoms with E-state index < -0.39 is 12.2 Å². The van der Waals surface area contributed by atoms with Gasteiger partial charge in [0.1, 0.15) is 12.2 Å². The van der Waals surface area contributed by atoms with Crippen LogP contribution in [0.2, 0.25) is 0 Å². The van der Waals surface area contributed by atoms with Crippen molar-refractivity contribution in [1.29, 1.82) is 0 Å². The van der Waals surface area contributed by atoms with E-state index in [2.05, 4.69) is 0 Å².